The van der Waals surface area contributed by atoms with Gasteiger partial charge in [0.1, 0.15) is 0 Å². The fourth-order valence-corrected chi connectivity index (χ4v) is 3.05. The van der Waals surface area contributed by atoms with Gasteiger partial charge in [-0.3, -0.25) is 9.59 Å². The Hall–Kier alpha value is -4.34. The molecule has 31 heavy (non-hydrogen) atoms. The number of rotatable bonds is 6. The SMILES string of the molecule is Cn1nc(CC(=O)OCc2nc(N)nc(Nc3ccccc3)n2)c2ccccc2c1=O. The highest BCUT2D eigenvalue weighted by Crippen LogP contribution is 2.15. The molecule has 0 unspecified atom stereocenters. The molecule has 0 fully saturated rings. The Morgan fingerprint density at radius 3 is 2.52 bits per heavy atom. The molecule has 2 aromatic carbocycles. The van der Waals surface area contributed by atoms with Crippen LogP contribution in [0.3, 0.4) is 0 Å². The average Bonchev–Trinajstić information content (AvgIpc) is 2.76. The lowest BCUT2D eigenvalue weighted by molar-refractivity contribution is -0.144. The number of esters is 1. The van der Waals surface area contributed by atoms with Crippen molar-refractivity contribution in [3.8, 4) is 0 Å². The molecule has 0 amide bonds. The van der Waals surface area contributed by atoms with E-state index in [1.54, 1.807) is 31.3 Å². The maximum Gasteiger partial charge on any atom is 0.312 e. The van der Waals surface area contributed by atoms with Crippen molar-refractivity contribution in [2.24, 2.45) is 7.05 Å². The van der Waals surface area contributed by atoms with E-state index in [4.69, 9.17) is 10.5 Å². The van der Waals surface area contributed by atoms with Crippen LogP contribution in [0.4, 0.5) is 17.6 Å². The first kappa shape index (κ1) is 20.0. The first-order valence-electron chi connectivity index (χ1n) is 9.42. The number of benzene rings is 2. The van der Waals surface area contributed by atoms with Crippen molar-refractivity contribution in [2.75, 3.05) is 11.1 Å². The third-order valence-electron chi connectivity index (χ3n) is 4.44. The van der Waals surface area contributed by atoms with Gasteiger partial charge in [-0.15, -0.1) is 0 Å². The summed E-state index contributed by atoms with van der Waals surface area (Å²) in [5, 5.41) is 8.32. The normalized spacial score (nSPS) is 10.7. The number of hydrogen-bond donors (Lipinski definition) is 2. The first-order valence-corrected chi connectivity index (χ1v) is 9.42. The Balaban J connectivity index is 1.47. The summed E-state index contributed by atoms with van der Waals surface area (Å²) < 4.78 is 6.52. The quantitative estimate of drug-likeness (QED) is 0.449. The number of nitrogens with zero attached hydrogens (tertiary/aromatic N) is 5. The topological polar surface area (TPSA) is 138 Å². The molecule has 2 heterocycles. The van der Waals surface area contributed by atoms with Crippen LogP contribution in [0.1, 0.15) is 11.5 Å². The lowest BCUT2D eigenvalue weighted by Gasteiger charge is -2.09. The number of nitrogens with one attached hydrogen (secondary N) is 1. The van der Waals surface area contributed by atoms with E-state index in [1.165, 1.54) is 4.68 Å². The number of nitrogen functional groups attached to an aromatic ring is 1. The van der Waals surface area contributed by atoms with Gasteiger partial charge in [-0.1, -0.05) is 36.4 Å². The zero-order chi connectivity index (χ0) is 21.8. The van der Waals surface area contributed by atoms with Gasteiger partial charge in [0.2, 0.25) is 11.9 Å². The number of para-hydroxylation sites is 1. The number of carbonyl (C=O) groups excluding carboxylic acids is 1. The van der Waals surface area contributed by atoms with Crippen LogP contribution in [0, 0.1) is 0 Å². The summed E-state index contributed by atoms with van der Waals surface area (Å²) in [4.78, 5) is 36.9. The second kappa shape index (κ2) is 8.57. The summed E-state index contributed by atoms with van der Waals surface area (Å²) in [5.41, 5.74) is 6.75. The average molecular weight is 417 g/mol. The minimum absolute atomic E-state index is 0.00481. The molecule has 0 aliphatic carbocycles. The van der Waals surface area contributed by atoms with Crippen LogP contribution in [-0.2, 0) is 29.6 Å². The minimum atomic E-state index is -0.534. The predicted molar refractivity (Wildman–Crippen MR) is 114 cm³/mol. The number of nitrogens with two attached hydrogens (primary N) is 1. The van der Waals surface area contributed by atoms with Gasteiger partial charge in [0, 0.05) is 18.1 Å². The van der Waals surface area contributed by atoms with Crippen LogP contribution in [0.5, 0.6) is 0 Å². The maximum atomic E-state index is 12.4. The molecule has 0 atom stereocenters. The fraction of sp³-hybridized carbons (Fsp3) is 0.143. The summed E-state index contributed by atoms with van der Waals surface area (Å²) in [6.45, 7) is -0.182. The number of fused-ring (bicyclic) bond motifs is 1. The van der Waals surface area contributed by atoms with E-state index in [0.29, 0.717) is 16.5 Å². The molecule has 0 bridgehead atoms. The van der Waals surface area contributed by atoms with Crippen molar-refractivity contribution in [3.05, 3.63) is 76.5 Å². The van der Waals surface area contributed by atoms with Gasteiger partial charge in [-0.25, -0.2) is 4.68 Å². The van der Waals surface area contributed by atoms with Gasteiger partial charge in [0.15, 0.2) is 12.4 Å². The summed E-state index contributed by atoms with van der Waals surface area (Å²) in [5.74, 6) is -0.0777. The Labute approximate surface area is 176 Å². The number of aryl methyl sites for hydroxylation is 1. The molecular formula is C21H19N7O3. The molecule has 4 aromatic rings. The zero-order valence-electron chi connectivity index (χ0n) is 16.6. The first-order chi connectivity index (χ1) is 15.0. The van der Waals surface area contributed by atoms with Crippen LogP contribution in [0.2, 0.25) is 0 Å². The van der Waals surface area contributed by atoms with Crippen molar-refractivity contribution in [2.45, 2.75) is 13.0 Å². The Morgan fingerprint density at radius 2 is 1.74 bits per heavy atom. The Kier molecular flexibility index (Phi) is 5.52. The van der Waals surface area contributed by atoms with Crippen LogP contribution in [0.15, 0.2) is 59.4 Å². The molecule has 156 valence electrons. The molecule has 0 aliphatic heterocycles. The molecule has 0 aliphatic rings. The van der Waals surface area contributed by atoms with Gasteiger partial charge in [-0.2, -0.15) is 20.1 Å². The summed E-state index contributed by atoms with van der Waals surface area (Å²) in [7, 11) is 1.54. The summed E-state index contributed by atoms with van der Waals surface area (Å²) in [6, 6.07) is 16.3. The van der Waals surface area contributed by atoms with Crippen molar-refractivity contribution in [3.63, 3.8) is 0 Å². The van der Waals surface area contributed by atoms with Crippen molar-refractivity contribution < 1.29 is 9.53 Å². The third-order valence-corrected chi connectivity index (χ3v) is 4.44. The summed E-state index contributed by atoms with van der Waals surface area (Å²) in [6.07, 6.45) is -0.107. The van der Waals surface area contributed by atoms with E-state index in [0.717, 1.165) is 5.69 Å². The zero-order valence-corrected chi connectivity index (χ0v) is 16.6. The number of hydrogen-bond acceptors (Lipinski definition) is 9. The predicted octanol–water partition coefficient (Wildman–Crippen LogP) is 1.73. The van der Waals surface area contributed by atoms with Crippen molar-refractivity contribution in [1.82, 2.24) is 24.7 Å². The van der Waals surface area contributed by atoms with Gasteiger partial charge in [0.25, 0.3) is 5.56 Å². The van der Waals surface area contributed by atoms with Crippen LogP contribution in [0.25, 0.3) is 10.8 Å². The molecule has 10 nitrogen and oxygen atoms in total. The Morgan fingerprint density at radius 1 is 1.03 bits per heavy atom. The van der Waals surface area contributed by atoms with E-state index in [2.05, 4.69) is 25.4 Å². The van der Waals surface area contributed by atoms with Crippen molar-refractivity contribution in [1.29, 1.82) is 0 Å². The molecule has 10 heteroatoms. The molecule has 3 N–H and O–H groups in total. The van der Waals surface area contributed by atoms with Crippen LogP contribution < -0.4 is 16.6 Å². The van der Waals surface area contributed by atoms with E-state index in [9.17, 15) is 9.59 Å². The minimum Gasteiger partial charge on any atom is -0.457 e. The van der Waals surface area contributed by atoms with Gasteiger partial charge in [0.05, 0.1) is 17.5 Å². The standard InChI is InChI=1S/C21H19N7O3/c1-28-19(30)15-10-6-5-9-14(15)16(27-28)11-18(29)31-12-17-24-20(22)26-21(25-17)23-13-7-3-2-4-8-13/h2-10H,11-12H2,1H3,(H3,22,23,24,25,26). The maximum absolute atomic E-state index is 12.4. The summed E-state index contributed by atoms with van der Waals surface area (Å²) >= 11 is 0. The third kappa shape index (κ3) is 4.64. The fourth-order valence-electron chi connectivity index (χ4n) is 3.05. The number of anilines is 3. The lowest BCUT2D eigenvalue weighted by atomic mass is 10.1. The van der Waals surface area contributed by atoms with Gasteiger partial charge < -0.3 is 15.8 Å². The lowest BCUT2D eigenvalue weighted by Crippen LogP contribution is -2.23. The molecular weight excluding hydrogens is 398 g/mol. The Bertz CT molecular complexity index is 1310. The monoisotopic (exact) mass is 417 g/mol. The molecule has 0 saturated carbocycles. The number of aromatic nitrogens is 5. The molecule has 4 rings (SSSR count). The van der Waals surface area contributed by atoms with Gasteiger partial charge in [-0.05, 0) is 18.2 Å². The van der Waals surface area contributed by atoms with E-state index >= 15 is 0 Å². The van der Waals surface area contributed by atoms with Gasteiger partial charge >= 0.3 is 5.97 Å². The molecule has 0 spiro atoms. The molecule has 0 saturated heterocycles. The van der Waals surface area contributed by atoms with Crippen LogP contribution >= 0.6 is 0 Å². The highest BCUT2D eigenvalue weighted by molar-refractivity contribution is 5.86. The highest BCUT2D eigenvalue weighted by atomic mass is 16.5. The largest absolute Gasteiger partial charge is 0.457 e. The van der Waals surface area contributed by atoms with Crippen molar-refractivity contribution >= 4 is 34.3 Å². The van der Waals surface area contributed by atoms with E-state index in [1.807, 2.05) is 30.3 Å². The number of ether oxygens (including phenoxy) is 1. The number of carbonyl (C=O) groups is 1. The molecule has 2 aromatic heterocycles. The van der Waals surface area contributed by atoms with E-state index in [-0.39, 0.29) is 36.3 Å². The molecule has 0 radical (unpaired) electrons. The second-order valence-electron chi connectivity index (χ2n) is 6.68. The second-order valence-corrected chi connectivity index (χ2v) is 6.68. The highest BCUT2D eigenvalue weighted by Gasteiger charge is 2.14. The van der Waals surface area contributed by atoms with E-state index < -0.39 is 5.97 Å². The smallest absolute Gasteiger partial charge is 0.312 e. The van der Waals surface area contributed by atoms with Crippen LogP contribution in [-0.4, -0.2) is 30.7 Å².